The number of halogens is 2. The van der Waals surface area contributed by atoms with Gasteiger partial charge in [0.15, 0.2) is 5.78 Å². The summed E-state index contributed by atoms with van der Waals surface area (Å²) < 4.78 is 11.6. The number of carbonyl (C=O) groups is 3. The maximum atomic E-state index is 13.0. The molecular weight excluding hydrogens is 548 g/mol. The molecular formula is C27H24BrClN2O5. The fourth-order valence-corrected chi connectivity index (χ4v) is 4.49. The highest BCUT2D eigenvalue weighted by molar-refractivity contribution is 9.10. The SMILES string of the molecule is Cc1ccccc1C(=O)c1ccc(Nc2ccc(Br)cc2COCCN2C(=O)COCC2=O)cc1Cl. The molecule has 3 aromatic rings. The molecule has 0 unspecified atom stereocenters. The molecule has 0 saturated carbocycles. The lowest BCUT2D eigenvalue weighted by Crippen LogP contribution is -2.47. The fraction of sp³-hybridized carbons (Fsp3) is 0.222. The predicted molar refractivity (Wildman–Crippen MR) is 141 cm³/mol. The van der Waals surface area contributed by atoms with Crippen molar-refractivity contribution >= 4 is 56.5 Å². The highest BCUT2D eigenvalue weighted by Gasteiger charge is 2.26. The maximum absolute atomic E-state index is 13.0. The maximum Gasteiger partial charge on any atom is 0.255 e. The van der Waals surface area contributed by atoms with Gasteiger partial charge in [-0.2, -0.15) is 0 Å². The monoisotopic (exact) mass is 570 g/mol. The number of amides is 2. The number of anilines is 2. The van der Waals surface area contributed by atoms with Gasteiger partial charge < -0.3 is 14.8 Å². The predicted octanol–water partition coefficient (Wildman–Crippen LogP) is 5.29. The third kappa shape index (κ3) is 6.20. The van der Waals surface area contributed by atoms with Gasteiger partial charge in [0.1, 0.15) is 13.2 Å². The largest absolute Gasteiger partial charge is 0.375 e. The second kappa shape index (κ2) is 11.8. The minimum absolute atomic E-state index is 0.0939. The van der Waals surface area contributed by atoms with Crippen molar-refractivity contribution in [1.82, 2.24) is 4.90 Å². The smallest absolute Gasteiger partial charge is 0.255 e. The first kappa shape index (κ1) is 26.0. The van der Waals surface area contributed by atoms with Gasteiger partial charge in [-0.1, -0.05) is 51.8 Å². The first-order valence-electron chi connectivity index (χ1n) is 11.3. The molecule has 1 aliphatic heterocycles. The first-order chi connectivity index (χ1) is 17.3. The van der Waals surface area contributed by atoms with Gasteiger partial charge in [-0.25, -0.2) is 0 Å². The van der Waals surface area contributed by atoms with Crippen LogP contribution in [0.5, 0.6) is 0 Å². The Morgan fingerprint density at radius 2 is 1.81 bits per heavy atom. The molecule has 0 radical (unpaired) electrons. The Morgan fingerprint density at radius 1 is 1.06 bits per heavy atom. The summed E-state index contributed by atoms with van der Waals surface area (Å²) in [7, 11) is 0. The number of carbonyl (C=O) groups excluding carboxylic acids is 3. The zero-order chi connectivity index (χ0) is 25.7. The van der Waals surface area contributed by atoms with E-state index < -0.39 is 0 Å². The van der Waals surface area contributed by atoms with Crippen molar-refractivity contribution in [2.75, 3.05) is 31.7 Å². The van der Waals surface area contributed by atoms with Gasteiger partial charge in [-0.05, 0) is 48.9 Å². The Labute approximate surface area is 222 Å². The van der Waals surface area contributed by atoms with Crippen LogP contribution < -0.4 is 5.32 Å². The molecule has 0 spiro atoms. The average molecular weight is 572 g/mol. The van der Waals surface area contributed by atoms with Crippen molar-refractivity contribution in [3.05, 3.63) is 92.4 Å². The van der Waals surface area contributed by atoms with Crippen LogP contribution in [0.15, 0.2) is 65.1 Å². The highest BCUT2D eigenvalue weighted by atomic mass is 79.9. The normalized spacial score (nSPS) is 13.7. The first-order valence-corrected chi connectivity index (χ1v) is 12.4. The number of aryl methyl sites for hydroxylation is 1. The lowest BCUT2D eigenvalue weighted by molar-refractivity contribution is -0.159. The molecule has 0 aliphatic carbocycles. The zero-order valence-electron chi connectivity index (χ0n) is 19.6. The summed E-state index contributed by atoms with van der Waals surface area (Å²) in [6, 6.07) is 18.4. The Kier molecular flexibility index (Phi) is 8.53. The molecule has 186 valence electrons. The van der Waals surface area contributed by atoms with E-state index in [1.54, 1.807) is 24.3 Å². The van der Waals surface area contributed by atoms with E-state index in [2.05, 4.69) is 21.2 Å². The number of ether oxygens (including phenoxy) is 2. The van der Waals surface area contributed by atoms with Crippen LogP contribution in [0, 0.1) is 6.92 Å². The van der Waals surface area contributed by atoms with Crippen molar-refractivity contribution in [2.24, 2.45) is 0 Å². The quantitative estimate of drug-likeness (QED) is 0.214. The summed E-state index contributed by atoms with van der Waals surface area (Å²) >= 11 is 9.98. The van der Waals surface area contributed by atoms with E-state index >= 15 is 0 Å². The van der Waals surface area contributed by atoms with Crippen molar-refractivity contribution in [3.63, 3.8) is 0 Å². The number of ketones is 1. The Morgan fingerprint density at radius 3 is 2.53 bits per heavy atom. The molecule has 0 aromatic heterocycles. The summed E-state index contributed by atoms with van der Waals surface area (Å²) in [4.78, 5) is 37.8. The van der Waals surface area contributed by atoms with E-state index in [9.17, 15) is 14.4 Å². The third-order valence-corrected chi connectivity index (χ3v) is 6.53. The average Bonchev–Trinajstić information content (AvgIpc) is 2.85. The van der Waals surface area contributed by atoms with E-state index in [4.69, 9.17) is 21.1 Å². The van der Waals surface area contributed by atoms with Crippen LogP contribution >= 0.6 is 27.5 Å². The minimum atomic E-state index is -0.360. The van der Waals surface area contributed by atoms with Crippen LogP contribution in [-0.2, 0) is 25.7 Å². The molecule has 1 saturated heterocycles. The van der Waals surface area contributed by atoms with Crippen LogP contribution in [0.4, 0.5) is 11.4 Å². The molecule has 4 rings (SSSR count). The van der Waals surface area contributed by atoms with Gasteiger partial charge in [0.25, 0.3) is 11.8 Å². The number of hydrogen-bond donors (Lipinski definition) is 1. The molecule has 1 heterocycles. The van der Waals surface area contributed by atoms with Gasteiger partial charge in [0, 0.05) is 32.5 Å². The van der Waals surface area contributed by atoms with Crippen LogP contribution in [-0.4, -0.2) is 48.9 Å². The fourth-order valence-electron chi connectivity index (χ4n) is 3.82. The molecule has 1 fully saturated rings. The molecule has 1 aliphatic rings. The summed E-state index contributed by atoms with van der Waals surface area (Å²) in [6.07, 6.45) is 0. The summed E-state index contributed by atoms with van der Waals surface area (Å²) in [5.41, 5.74) is 4.32. The molecule has 1 N–H and O–H groups in total. The number of rotatable bonds is 9. The number of benzene rings is 3. The number of morpholine rings is 1. The molecule has 7 nitrogen and oxygen atoms in total. The van der Waals surface area contributed by atoms with Gasteiger partial charge in [0.2, 0.25) is 0 Å². The van der Waals surface area contributed by atoms with Crippen LogP contribution in [0.25, 0.3) is 0 Å². The number of imide groups is 1. The van der Waals surface area contributed by atoms with E-state index in [0.29, 0.717) is 16.1 Å². The minimum Gasteiger partial charge on any atom is -0.375 e. The zero-order valence-corrected chi connectivity index (χ0v) is 21.9. The van der Waals surface area contributed by atoms with Gasteiger partial charge in [-0.3, -0.25) is 19.3 Å². The van der Waals surface area contributed by atoms with Crippen LogP contribution in [0.2, 0.25) is 5.02 Å². The molecule has 9 heteroatoms. The van der Waals surface area contributed by atoms with E-state index in [1.165, 1.54) is 0 Å². The van der Waals surface area contributed by atoms with Gasteiger partial charge in [0.05, 0.1) is 24.8 Å². The number of nitrogens with one attached hydrogen (secondary N) is 1. The van der Waals surface area contributed by atoms with Crippen molar-refractivity contribution < 1.29 is 23.9 Å². The second-order valence-corrected chi connectivity index (χ2v) is 9.57. The Balaban J connectivity index is 1.43. The Bertz CT molecular complexity index is 1300. The standard InChI is InChI=1S/C27H24BrClN2O5/c1-17-4-2-3-5-21(17)27(34)22-8-7-20(13-23(22)29)30-24-9-6-19(28)12-18(24)14-35-11-10-31-25(32)15-36-16-26(31)33/h2-9,12-13,30H,10-11,14-16H2,1H3. The molecule has 0 atom stereocenters. The second-order valence-electron chi connectivity index (χ2n) is 8.25. The molecule has 2 amide bonds. The van der Waals surface area contributed by atoms with E-state index in [-0.39, 0.29) is 50.6 Å². The third-order valence-electron chi connectivity index (χ3n) is 5.72. The van der Waals surface area contributed by atoms with Crippen molar-refractivity contribution in [1.29, 1.82) is 0 Å². The summed E-state index contributed by atoms with van der Waals surface area (Å²) in [6.45, 7) is 2.33. The van der Waals surface area contributed by atoms with Crippen molar-refractivity contribution in [2.45, 2.75) is 13.5 Å². The molecule has 0 bridgehead atoms. The molecule has 36 heavy (non-hydrogen) atoms. The number of nitrogens with zero attached hydrogens (tertiary/aromatic N) is 1. The lowest BCUT2D eigenvalue weighted by Gasteiger charge is -2.24. The highest BCUT2D eigenvalue weighted by Crippen LogP contribution is 2.29. The lowest BCUT2D eigenvalue weighted by atomic mass is 9.99. The Hall–Kier alpha value is -3.04. The topological polar surface area (TPSA) is 84.9 Å². The van der Waals surface area contributed by atoms with Crippen LogP contribution in [0.3, 0.4) is 0 Å². The summed E-state index contributed by atoms with van der Waals surface area (Å²) in [5, 5.41) is 3.68. The van der Waals surface area contributed by atoms with Gasteiger partial charge in [-0.15, -0.1) is 0 Å². The molecule has 3 aromatic carbocycles. The van der Waals surface area contributed by atoms with E-state index in [1.807, 2.05) is 43.3 Å². The van der Waals surface area contributed by atoms with Crippen molar-refractivity contribution in [3.8, 4) is 0 Å². The number of hydrogen-bond acceptors (Lipinski definition) is 6. The van der Waals surface area contributed by atoms with Gasteiger partial charge >= 0.3 is 0 Å². The summed E-state index contributed by atoms with van der Waals surface area (Å²) in [5.74, 6) is -0.846. The van der Waals surface area contributed by atoms with E-state index in [0.717, 1.165) is 31.9 Å². The van der Waals surface area contributed by atoms with Crippen LogP contribution in [0.1, 0.15) is 27.0 Å².